The highest BCUT2D eigenvalue weighted by Gasteiger charge is 2.27. The van der Waals surface area contributed by atoms with E-state index < -0.39 is 0 Å². The number of halogens is 1. The maximum atomic E-state index is 6.59. The van der Waals surface area contributed by atoms with Gasteiger partial charge in [-0.05, 0) is 37.5 Å². The fraction of sp³-hybridized carbons (Fsp3) is 0.227. The van der Waals surface area contributed by atoms with Crippen LogP contribution in [0.5, 0.6) is 0 Å². The number of benzene rings is 2. The van der Waals surface area contributed by atoms with Gasteiger partial charge in [-0.1, -0.05) is 48.0 Å². The van der Waals surface area contributed by atoms with Crippen molar-refractivity contribution in [2.24, 2.45) is 0 Å². The summed E-state index contributed by atoms with van der Waals surface area (Å²) in [5.41, 5.74) is 4.11. The molecule has 1 saturated carbocycles. The van der Waals surface area contributed by atoms with Crippen LogP contribution in [0.25, 0.3) is 22.2 Å². The molecule has 1 aliphatic carbocycles. The number of fused-ring (bicyclic) bond motifs is 1. The van der Waals surface area contributed by atoms with Gasteiger partial charge >= 0.3 is 0 Å². The molecule has 2 aromatic carbocycles. The maximum Gasteiger partial charge on any atom is 0.0945 e. The Bertz CT molecular complexity index is 979. The molecule has 3 aromatic rings. The Morgan fingerprint density at radius 1 is 0.962 bits per heavy atom. The summed E-state index contributed by atoms with van der Waals surface area (Å²) in [6.07, 6.45) is 8.26. The van der Waals surface area contributed by atoms with Gasteiger partial charge in [0.1, 0.15) is 0 Å². The Morgan fingerprint density at radius 2 is 1.81 bits per heavy atom. The van der Waals surface area contributed by atoms with Crippen LogP contribution in [-0.2, 0) is 0 Å². The van der Waals surface area contributed by atoms with Crippen LogP contribution in [0.2, 0.25) is 5.02 Å². The second-order valence-electron chi connectivity index (χ2n) is 7.07. The van der Waals surface area contributed by atoms with Gasteiger partial charge in [-0.2, -0.15) is 0 Å². The Kier molecular flexibility index (Phi) is 3.83. The molecule has 0 unspecified atom stereocenters. The van der Waals surface area contributed by atoms with Gasteiger partial charge in [0.2, 0.25) is 0 Å². The number of hydrogen-bond acceptors (Lipinski definition) is 3. The third kappa shape index (κ3) is 2.73. The van der Waals surface area contributed by atoms with Crippen molar-refractivity contribution in [2.75, 3.05) is 11.6 Å². The minimum Gasteiger partial charge on any atom is -0.355 e. The Balaban J connectivity index is 1.50. The second kappa shape index (κ2) is 6.33. The number of nitrogens with zero attached hydrogens (tertiary/aromatic N) is 3. The summed E-state index contributed by atoms with van der Waals surface area (Å²) < 4.78 is 0. The normalized spacial score (nSPS) is 17.1. The van der Waals surface area contributed by atoms with Crippen LogP contribution in [0.4, 0.5) is 5.69 Å². The highest BCUT2D eigenvalue weighted by atomic mass is 35.5. The van der Waals surface area contributed by atoms with Crippen LogP contribution in [-0.4, -0.2) is 22.6 Å². The van der Waals surface area contributed by atoms with Crippen LogP contribution in [0.3, 0.4) is 0 Å². The van der Waals surface area contributed by atoms with E-state index in [1.165, 1.54) is 19.3 Å². The summed E-state index contributed by atoms with van der Waals surface area (Å²) >= 11 is 6.59. The molecule has 4 heteroatoms. The summed E-state index contributed by atoms with van der Waals surface area (Å²) in [5, 5.41) is 1.84. The first-order valence-corrected chi connectivity index (χ1v) is 9.52. The average Bonchev–Trinajstić information content (AvgIpc) is 3.09. The summed E-state index contributed by atoms with van der Waals surface area (Å²) in [5.74, 6) is 0. The molecule has 0 saturated heterocycles. The lowest BCUT2D eigenvalue weighted by molar-refractivity contribution is 0.197. The lowest BCUT2D eigenvalue weighted by atomic mass is 9.92. The fourth-order valence-corrected chi connectivity index (χ4v) is 3.95. The van der Waals surface area contributed by atoms with Crippen molar-refractivity contribution < 1.29 is 0 Å². The summed E-state index contributed by atoms with van der Waals surface area (Å²) in [6.45, 7) is 0.869. The lowest BCUT2D eigenvalue weighted by Gasteiger charge is -2.35. The van der Waals surface area contributed by atoms with Crippen LogP contribution in [0, 0.1) is 0 Å². The van der Waals surface area contributed by atoms with Crippen molar-refractivity contribution in [3.63, 3.8) is 0 Å². The van der Waals surface area contributed by atoms with E-state index in [0.29, 0.717) is 6.04 Å². The Labute approximate surface area is 158 Å². The molecule has 5 rings (SSSR count). The van der Waals surface area contributed by atoms with Crippen molar-refractivity contribution in [1.29, 1.82) is 0 Å². The molecule has 2 heterocycles. The first-order chi connectivity index (χ1) is 12.8. The third-order valence-electron chi connectivity index (χ3n) is 5.43. The second-order valence-corrected chi connectivity index (χ2v) is 7.47. The van der Waals surface area contributed by atoms with E-state index in [2.05, 4.69) is 52.5 Å². The van der Waals surface area contributed by atoms with Crippen molar-refractivity contribution in [1.82, 2.24) is 9.88 Å². The highest BCUT2D eigenvalue weighted by Crippen LogP contribution is 2.35. The van der Waals surface area contributed by atoms with Crippen molar-refractivity contribution >= 4 is 28.2 Å². The molecule has 26 heavy (non-hydrogen) atoms. The molecule has 0 radical (unpaired) electrons. The zero-order chi connectivity index (χ0) is 17.5. The number of pyridine rings is 1. The van der Waals surface area contributed by atoms with Crippen LogP contribution < -0.4 is 4.90 Å². The SMILES string of the molecule is Clc1cc2ccc(-c3ccccc3)nc2cc1N1C=CN(C2CCC2)C1. The van der Waals surface area contributed by atoms with E-state index in [-0.39, 0.29) is 0 Å². The quantitative estimate of drug-likeness (QED) is 0.600. The van der Waals surface area contributed by atoms with E-state index in [1.54, 1.807) is 0 Å². The molecule has 1 aliphatic heterocycles. The van der Waals surface area contributed by atoms with E-state index >= 15 is 0 Å². The molecule has 1 fully saturated rings. The third-order valence-corrected chi connectivity index (χ3v) is 5.74. The number of aromatic nitrogens is 1. The molecule has 0 atom stereocenters. The average molecular weight is 362 g/mol. The van der Waals surface area contributed by atoms with Gasteiger partial charge in [0.25, 0.3) is 0 Å². The molecule has 0 spiro atoms. The molecule has 0 bridgehead atoms. The Morgan fingerprint density at radius 3 is 2.58 bits per heavy atom. The van der Waals surface area contributed by atoms with E-state index in [9.17, 15) is 0 Å². The van der Waals surface area contributed by atoms with Gasteiger partial charge in [0, 0.05) is 29.4 Å². The van der Waals surface area contributed by atoms with Crippen LogP contribution >= 0.6 is 11.6 Å². The molecular formula is C22H20ClN3. The first kappa shape index (κ1) is 15.7. The molecule has 2 aliphatic rings. The summed E-state index contributed by atoms with van der Waals surface area (Å²) in [7, 11) is 0. The van der Waals surface area contributed by atoms with E-state index in [1.807, 2.05) is 24.3 Å². The van der Waals surface area contributed by atoms with Gasteiger partial charge in [-0.15, -0.1) is 0 Å². The minimum absolute atomic E-state index is 0.693. The molecule has 3 nitrogen and oxygen atoms in total. The molecule has 0 N–H and O–H groups in total. The van der Waals surface area contributed by atoms with Crippen molar-refractivity contribution in [2.45, 2.75) is 25.3 Å². The highest BCUT2D eigenvalue weighted by molar-refractivity contribution is 6.34. The number of anilines is 1. The maximum absolute atomic E-state index is 6.59. The lowest BCUT2D eigenvalue weighted by Crippen LogP contribution is -2.38. The van der Waals surface area contributed by atoms with Gasteiger partial charge in [-0.25, -0.2) is 4.98 Å². The smallest absolute Gasteiger partial charge is 0.0945 e. The topological polar surface area (TPSA) is 19.4 Å². The number of rotatable bonds is 3. The monoisotopic (exact) mass is 361 g/mol. The predicted molar refractivity (Wildman–Crippen MR) is 108 cm³/mol. The predicted octanol–water partition coefficient (Wildman–Crippen LogP) is 5.66. The van der Waals surface area contributed by atoms with Crippen molar-refractivity contribution in [3.8, 4) is 11.3 Å². The molecule has 0 amide bonds. The first-order valence-electron chi connectivity index (χ1n) is 9.14. The van der Waals surface area contributed by atoms with Crippen LogP contribution in [0.15, 0.2) is 67.0 Å². The van der Waals surface area contributed by atoms with Gasteiger partial charge in [-0.3, -0.25) is 0 Å². The number of hydrogen-bond donors (Lipinski definition) is 0. The molecule has 130 valence electrons. The Hall–Kier alpha value is -2.52. The standard InChI is InChI=1S/C22H20ClN3/c23-19-13-17-9-10-20(16-5-2-1-3-6-16)24-21(17)14-22(19)26-12-11-25(15-26)18-7-4-8-18/h1-3,5-6,9-14,18H,4,7-8,15H2. The summed E-state index contributed by atoms with van der Waals surface area (Å²) in [6, 6.07) is 19.3. The van der Waals surface area contributed by atoms with E-state index in [4.69, 9.17) is 16.6 Å². The molecule has 1 aromatic heterocycles. The largest absolute Gasteiger partial charge is 0.355 e. The van der Waals surface area contributed by atoms with Gasteiger partial charge in [0.05, 0.1) is 28.6 Å². The zero-order valence-corrected chi connectivity index (χ0v) is 15.2. The minimum atomic E-state index is 0.693. The van der Waals surface area contributed by atoms with Crippen molar-refractivity contribution in [3.05, 3.63) is 72.0 Å². The van der Waals surface area contributed by atoms with E-state index in [0.717, 1.165) is 39.5 Å². The van der Waals surface area contributed by atoms with Gasteiger partial charge in [0.15, 0.2) is 0 Å². The van der Waals surface area contributed by atoms with Gasteiger partial charge < -0.3 is 9.80 Å². The zero-order valence-electron chi connectivity index (χ0n) is 14.5. The molecular weight excluding hydrogens is 342 g/mol. The fourth-order valence-electron chi connectivity index (χ4n) is 3.67. The van der Waals surface area contributed by atoms with Crippen LogP contribution in [0.1, 0.15) is 19.3 Å². The summed E-state index contributed by atoms with van der Waals surface area (Å²) in [4.78, 5) is 9.51.